The molecule has 1 unspecified atom stereocenters. The molecule has 0 bridgehead atoms. The maximum absolute atomic E-state index is 6.42. The number of rotatable bonds is 9. The van der Waals surface area contributed by atoms with Gasteiger partial charge in [-0.3, -0.25) is 0 Å². The third-order valence-corrected chi connectivity index (χ3v) is 4.59. The normalized spacial score (nSPS) is 28.8. The third-order valence-electron chi connectivity index (χ3n) is 4.59. The van der Waals surface area contributed by atoms with Crippen molar-refractivity contribution in [1.82, 2.24) is 5.32 Å². The van der Waals surface area contributed by atoms with E-state index in [0.717, 1.165) is 31.5 Å². The first kappa shape index (κ1) is 17.9. The Hall–Kier alpha value is -0.120. The lowest BCUT2D eigenvalue weighted by Crippen LogP contribution is -2.48. The zero-order valence-corrected chi connectivity index (χ0v) is 14.2. The van der Waals surface area contributed by atoms with Gasteiger partial charge in [0.25, 0.3) is 0 Å². The van der Waals surface area contributed by atoms with Crippen molar-refractivity contribution in [3.05, 3.63) is 0 Å². The van der Waals surface area contributed by atoms with Crippen molar-refractivity contribution in [2.75, 3.05) is 26.3 Å². The minimum atomic E-state index is 0.0257. The van der Waals surface area contributed by atoms with Gasteiger partial charge in [-0.05, 0) is 57.9 Å². The Balaban J connectivity index is 2.54. The molecule has 3 heteroatoms. The summed E-state index contributed by atoms with van der Waals surface area (Å²) in [6.07, 6.45) is 5.14. The van der Waals surface area contributed by atoms with Crippen LogP contribution in [0.4, 0.5) is 0 Å². The lowest BCUT2D eigenvalue weighted by Gasteiger charge is -2.43. The summed E-state index contributed by atoms with van der Waals surface area (Å²) in [4.78, 5) is 0. The molecule has 0 radical (unpaired) electrons. The summed E-state index contributed by atoms with van der Waals surface area (Å²) in [6.45, 7) is 14.5. The molecule has 0 amide bonds. The molecule has 20 heavy (non-hydrogen) atoms. The van der Waals surface area contributed by atoms with Gasteiger partial charge in [-0.1, -0.05) is 20.8 Å². The molecular formula is C17H35NO2. The van der Waals surface area contributed by atoms with E-state index in [1.54, 1.807) is 0 Å². The van der Waals surface area contributed by atoms with E-state index in [0.29, 0.717) is 6.61 Å². The van der Waals surface area contributed by atoms with Crippen molar-refractivity contribution in [3.63, 3.8) is 0 Å². The Morgan fingerprint density at radius 1 is 1.15 bits per heavy atom. The Morgan fingerprint density at radius 2 is 1.80 bits per heavy atom. The molecule has 1 N–H and O–H groups in total. The number of nitrogens with one attached hydrogen (secondary N) is 1. The van der Waals surface area contributed by atoms with Crippen LogP contribution < -0.4 is 5.32 Å². The lowest BCUT2D eigenvalue weighted by molar-refractivity contribution is -0.132. The predicted octanol–water partition coefficient (Wildman–Crippen LogP) is 3.62. The van der Waals surface area contributed by atoms with Crippen LogP contribution >= 0.6 is 0 Å². The van der Waals surface area contributed by atoms with E-state index < -0.39 is 0 Å². The van der Waals surface area contributed by atoms with Gasteiger partial charge in [0, 0.05) is 13.2 Å². The van der Waals surface area contributed by atoms with Crippen molar-refractivity contribution in [3.8, 4) is 0 Å². The van der Waals surface area contributed by atoms with Gasteiger partial charge in [0.05, 0.1) is 18.3 Å². The molecule has 0 heterocycles. The predicted molar refractivity (Wildman–Crippen MR) is 85.1 cm³/mol. The van der Waals surface area contributed by atoms with E-state index in [2.05, 4.69) is 33.0 Å². The monoisotopic (exact) mass is 285 g/mol. The fraction of sp³-hybridized carbons (Fsp3) is 1.00. The minimum Gasteiger partial charge on any atom is -0.379 e. The fourth-order valence-electron chi connectivity index (χ4n) is 3.27. The average Bonchev–Trinajstić information content (AvgIpc) is 2.43. The third kappa shape index (κ3) is 5.71. The quantitative estimate of drug-likeness (QED) is 0.702. The highest BCUT2D eigenvalue weighted by molar-refractivity contribution is 4.90. The maximum Gasteiger partial charge on any atom is 0.0811 e. The molecule has 0 aromatic rings. The van der Waals surface area contributed by atoms with Crippen molar-refractivity contribution in [1.29, 1.82) is 0 Å². The number of likely N-dealkylation sites (N-methyl/N-ethyl adjacent to an activating group) is 1. The first-order valence-electron chi connectivity index (χ1n) is 8.49. The molecule has 1 aliphatic carbocycles. The van der Waals surface area contributed by atoms with Gasteiger partial charge >= 0.3 is 0 Å². The fourth-order valence-corrected chi connectivity index (χ4v) is 3.27. The molecule has 0 spiro atoms. The Morgan fingerprint density at radius 3 is 2.30 bits per heavy atom. The number of hydrogen-bond acceptors (Lipinski definition) is 3. The average molecular weight is 285 g/mol. The van der Waals surface area contributed by atoms with Crippen LogP contribution in [0.2, 0.25) is 0 Å². The van der Waals surface area contributed by atoms with Crippen LogP contribution in [-0.2, 0) is 9.47 Å². The molecule has 1 aliphatic rings. The van der Waals surface area contributed by atoms with Crippen LogP contribution in [0, 0.1) is 11.8 Å². The van der Waals surface area contributed by atoms with E-state index in [1.165, 1.54) is 25.7 Å². The first-order valence-corrected chi connectivity index (χ1v) is 8.49. The van der Waals surface area contributed by atoms with E-state index in [9.17, 15) is 0 Å². The van der Waals surface area contributed by atoms with E-state index in [1.807, 2.05) is 6.92 Å². The van der Waals surface area contributed by atoms with Crippen LogP contribution in [0.15, 0.2) is 0 Å². The van der Waals surface area contributed by atoms with Crippen molar-refractivity contribution >= 4 is 0 Å². The zero-order chi connectivity index (χ0) is 15.0. The molecule has 1 atom stereocenters. The smallest absolute Gasteiger partial charge is 0.0811 e. The topological polar surface area (TPSA) is 30.5 Å². The Bertz CT molecular complexity index is 247. The summed E-state index contributed by atoms with van der Waals surface area (Å²) >= 11 is 0. The van der Waals surface area contributed by atoms with Crippen LogP contribution in [0.1, 0.15) is 60.3 Å². The molecule has 1 rings (SSSR count). The van der Waals surface area contributed by atoms with Gasteiger partial charge in [0.15, 0.2) is 0 Å². The largest absolute Gasteiger partial charge is 0.379 e. The first-order chi connectivity index (χ1) is 9.53. The van der Waals surface area contributed by atoms with Gasteiger partial charge < -0.3 is 14.8 Å². The summed E-state index contributed by atoms with van der Waals surface area (Å²) in [5, 5.41) is 3.50. The second kappa shape index (κ2) is 9.01. The molecule has 3 nitrogen and oxygen atoms in total. The molecular weight excluding hydrogens is 250 g/mol. The summed E-state index contributed by atoms with van der Waals surface area (Å²) in [7, 11) is 0. The van der Waals surface area contributed by atoms with Crippen molar-refractivity contribution in [2.45, 2.75) is 72.0 Å². The van der Waals surface area contributed by atoms with Crippen LogP contribution in [0.5, 0.6) is 0 Å². The second-order valence-electron chi connectivity index (χ2n) is 6.63. The molecule has 0 aromatic heterocycles. The molecule has 1 fully saturated rings. The van der Waals surface area contributed by atoms with Gasteiger partial charge in [-0.25, -0.2) is 0 Å². The summed E-state index contributed by atoms with van der Waals surface area (Å²) in [6, 6.07) is 0. The summed E-state index contributed by atoms with van der Waals surface area (Å²) in [5.74, 6) is 1.67. The maximum atomic E-state index is 6.42. The van der Waals surface area contributed by atoms with Gasteiger partial charge in [-0.15, -0.1) is 0 Å². The van der Waals surface area contributed by atoms with Gasteiger partial charge in [0.1, 0.15) is 0 Å². The highest BCUT2D eigenvalue weighted by Gasteiger charge is 2.37. The van der Waals surface area contributed by atoms with Crippen molar-refractivity contribution < 1.29 is 9.47 Å². The summed E-state index contributed by atoms with van der Waals surface area (Å²) in [5.41, 5.74) is 0.0257. The van der Waals surface area contributed by atoms with Crippen molar-refractivity contribution in [2.24, 2.45) is 11.8 Å². The van der Waals surface area contributed by atoms with Crippen LogP contribution in [0.3, 0.4) is 0 Å². The highest BCUT2D eigenvalue weighted by Crippen LogP contribution is 2.38. The number of hydrogen-bond donors (Lipinski definition) is 1. The Kier molecular flexibility index (Phi) is 8.08. The van der Waals surface area contributed by atoms with Gasteiger partial charge in [0.2, 0.25) is 0 Å². The molecule has 120 valence electrons. The molecule has 1 saturated carbocycles. The van der Waals surface area contributed by atoms with Crippen LogP contribution in [0.25, 0.3) is 0 Å². The highest BCUT2D eigenvalue weighted by atomic mass is 16.5. The zero-order valence-electron chi connectivity index (χ0n) is 14.2. The molecule has 0 aliphatic heterocycles. The SMILES string of the molecule is CCNCC1(OC(C)COCC)CCC(C(C)C)CC1. The molecule has 0 aromatic carbocycles. The summed E-state index contributed by atoms with van der Waals surface area (Å²) < 4.78 is 11.9. The van der Waals surface area contributed by atoms with E-state index in [-0.39, 0.29) is 11.7 Å². The standard InChI is InChI=1S/C17H35NO2/c1-6-18-13-17(20-15(5)12-19-7-2)10-8-16(9-11-17)14(3)4/h14-16,18H,6-13H2,1-5H3. The second-order valence-corrected chi connectivity index (χ2v) is 6.63. The molecule has 0 saturated heterocycles. The Labute approximate surface area is 125 Å². The van der Waals surface area contributed by atoms with E-state index >= 15 is 0 Å². The van der Waals surface area contributed by atoms with E-state index in [4.69, 9.17) is 9.47 Å². The van der Waals surface area contributed by atoms with Crippen LogP contribution in [-0.4, -0.2) is 38.0 Å². The lowest BCUT2D eigenvalue weighted by atomic mass is 9.74. The van der Waals surface area contributed by atoms with Gasteiger partial charge in [-0.2, -0.15) is 0 Å². The number of ether oxygens (including phenoxy) is 2. The minimum absolute atomic E-state index is 0.0257.